The summed E-state index contributed by atoms with van der Waals surface area (Å²) in [5.41, 5.74) is 10.5. The Morgan fingerprint density at radius 3 is 2.00 bits per heavy atom. The number of nitrogens with two attached hydrogens (primary N) is 2. The van der Waals surface area contributed by atoms with E-state index in [4.69, 9.17) is 11.5 Å². The van der Waals surface area contributed by atoms with Gasteiger partial charge in [-0.15, -0.1) is 0 Å². The lowest BCUT2D eigenvalue weighted by atomic mass is 10.1. The van der Waals surface area contributed by atoms with Gasteiger partial charge in [0.1, 0.15) is 4.90 Å². The molecule has 2 rings (SSSR count). The molecule has 0 saturated heterocycles. The first kappa shape index (κ1) is 24.0. The van der Waals surface area contributed by atoms with E-state index >= 15 is 0 Å². The summed E-state index contributed by atoms with van der Waals surface area (Å²) in [4.78, 5) is 13.2. The molecule has 1 amide bonds. The number of carbonyl (C=O) groups excluding carboxylic acids is 1. The number of hydrogen-bond donors (Lipinski definition) is 2. The van der Waals surface area contributed by atoms with Crippen molar-refractivity contribution in [1.82, 2.24) is 0 Å². The van der Waals surface area contributed by atoms with Gasteiger partial charge in [-0.1, -0.05) is 31.2 Å². The van der Waals surface area contributed by atoms with Crippen LogP contribution in [0.2, 0.25) is 0 Å². The maximum Gasteiger partial charge on any atom is 0.310 e. The van der Waals surface area contributed by atoms with E-state index in [9.17, 15) is 32.6 Å². The Labute approximate surface area is 173 Å². The number of aliphatic imine (C=N–C) groups is 1. The van der Waals surface area contributed by atoms with Gasteiger partial charge < -0.3 is 11.5 Å². The quantitative estimate of drug-likeness (QED) is 0.360. The van der Waals surface area contributed by atoms with E-state index in [1.54, 1.807) is 0 Å². The van der Waals surface area contributed by atoms with Crippen molar-refractivity contribution in [1.29, 1.82) is 0 Å². The Bertz CT molecular complexity index is 1160. The largest absolute Gasteiger partial charge is 0.370 e. The Morgan fingerprint density at radius 2 is 1.57 bits per heavy atom. The average Bonchev–Trinajstić information content (AvgIpc) is 2.51. The molecular formula is C16H16F5N3O3S3. The number of aryl methyl sites for hydroxylation is 1. The molecule has 6 nitrogen and oxygen atoms in total. The molecule has 0 radical (unpaired) electrons. The molecule has 0 fully saturated rings. The number of nitrogens with zero attached hydrogens (tertiary/aromatic N) is 1. The third-order valence-electron chi connectivity index (χ3n) is 3.65. The van der Waals surface area contributed by atoms with Crippen LogP contribution in [0.3, 0.4) is 0 Å². The van der Waals surface area contributed by atoms with E-state index in [1.807, 2.05) is 0 Å². The predicted octanol–water partition coefficient (Wildman–Crippen LogP) is 4.62. The van der Waals surface area contributed by atoms with Gasteiger partial charge in [-0.3, -0.25) is 4.79 Å². The zero-order valence-corrected chi connectivity index (χ0v) is 17.9. The van der Waals surface area contributed by atoms with Crippen LogP contribution in [0, 0.1) is 6.92 Å². The van der Waals surface area contributed by atoms with Crippen LogP contribution >= 0.6 is 22.0 Å². The molecule has 2 aromatic carbocycles. The highest BCUT2D eigenvalue weighted by Crippen LogP contribution is 3.02. The molecule has 14 heteroatoms. The molecule has 0 aromatic heterocycles. The summed E-state index contributed by atoms with van der Waals surface area (Å²) in [6, 6.07) is 4.43. The summed E-state index contributed by atoms with van der Waals surface area (Å²) in [6.07, 6.45) is 0.869. The Kier molecular flexibility index (Phi) is 5.47. The zero-order chi connectivity index (χ0) is 23.2. The average molecular weight is 490 g/mol. The molecule has 2 aromatic rings. The molecule has 0 aliphatic rings. The van der Waals surface area contributed by atoms with Gasteiger partial charge in [0.2, 0.25) is 0 Å². The van der Waals surface area contributed by atoms with Gasteiger partial charge in [0, 0.05) is 21.6 Å². The van der Waals surface area contributed by atoms with Crippen molar-refractivity contribution in [3.63, 3.8) is 0 Å². The monoisotopic (exact) mass is 489 g/mol. The minimum Gasteiger partial charge on any atom is -0.370 e. The van der Waals surface area contributed by atoms with Gasteiger partial charge in [0.25, 0.3) is 5.91 Å². The van der Waals surface area contributed by atoms with Gasteiger partial charge in [-0.2, -0.15) is 4.99 Å². The van der Waals surface area contributed by atoms with E-state index in [-0.39, 0.29) is 32.4 Å². The Balaban J connectivity index is 2.54. The SMILES string of the molecule is Cc1cc(Sc2ccc(S(F)(F)(F)(F)F)cc2)c(S(C)(=O)=O)cc1C(=O)N=C(N)N. The van der Waals surface area contributed by atoms with E-state index in [0.29, 0.717) is 5.56 Å². The number of halogens is 5. The molecule has 0 spiro atoms. The fourth-order valence-electron chi connectivity index (χ4n) is 2.33. The fraction of sp³-hybridized carbons (Fsp3) is 0.125. The van der Waals surface area contributed by atoms with Crippen LogP contribution in [0.15, 0.2) is 61.0 Å². The standard InChI is InChI=1S/C16H16F5N3O3S3/c1-9-7-13(14(29(2,26)27)8-12(9)15(25)24-16(22)23)28-10-3-5-11(6-4-10)30(17,18,19,20)21/h3-8H,1-2H3,(H4,22,23,24,25). The number of sulfone groups is 1. The second-order valence-corrected chi connectivity index (χ2v) is 11.8. The molecule has 0 unspecified atom stereocenters. The van der Waals surface area contributed by atoms with Crippen LogP contribution in [0.25, 0.3) is 0 Å². The highest BCUT2D eigenvalue weighted by molar-refractivity contribution is 8.45. The number of carbonyl (C=O) groups is 1. The van der Waals surface area contributed by atoms with Gasteiger partial charge in [-0.25, -0.2) is 8.42 Å². The lowest BCUT2D eigenvalue weighted by Crippen LogP contribution is -2.24. The molecule has 0 aliphatic heterocycles. The topological polar surface area (TPSA) is 116 Å². The van der Waals surface area contributed by atoms with E-state index < -0.39 is 36.8 Å². The first-order chi connectivity index (χ1) is 13.3. The number of hydrogen-bond acceptors (Lipinski definition) is 4. The van der Waals surface area contributed by atoms with E-state index in [1.165, 1.54) is 13.0 Å². The second-order valence-electron chi connectivity index (χ2n) is 6.27. The molecule has 30 heavy (non-hydrogen) atoms. The summed E-state index contributed by atoms with van der Waals surface area (Å²) < 4.78 is 88.6. The summed E-state index contributed by atoms with van der Waals surface area (Å²) in [5, 5.41) is 0. The van der Waals surface area contributed by atoms with Gasteiger partial charge >= 0.3 is 10.2 Å². The normalized spacial score (nSPS) is 14.5. The molecule has 166 valence electrons. The van der Waals surface area contributed by atoms with Gasteiger partial charge in [0.15, 0.2) is 15.8 Å². The van der Waals surface area contributed by atoms with Crippen molar-refractivity contribution < 1.29 is 32.6 Å². The molecule has 0 heterocycles. The lowest BCUT2D eigenvalue weighted by molar-refractivity contribution is 0.100. The summed E-state index contributed by atoms with van der Waals surface area (Å²) in [5.74, 6) is -1.41. The predicted molar refractivity (Wildman–Crippen MR) is 106 cm³/mol. The van der Waals surface area contributed by atoms with Crippen LogP contribution in [0.4, 0.5) is 19.4 Å². The summed E-state index contributed by atoms with van der Waals surface area (Å²) >= 11 is 0.732. The molecule has 4 N–H and O–H groups in total. The number of amides is 1. The zero-order valence-electron chi connectivity index (χ0n) is 15.4. The smallest absolute Gasteiger partial charge is 0.310 e. The third-order valence-corrected chi connectivity index (χ3v) is 7.14. The first-order valence-electron chi connectivity index (χ1n) is 7.78. The van der Waals surface area contributed by atoms with Crippen LogP contribution in [-0.4, -0.2) is 26.5 Å². The van der Waals surface area contributed by atoms with Gasteiger partial charge in [0.05, 0.1) is 4.90 Å². The molecule has 0 aliphatic carbocycles. The molecular weight excluding hydrogens is 473 g/mol. The van der Waals surface area contributed by atoms with Crippen molar-refractivity contribution in [2.45, 2.75) is 26.5 Å². The molecule has 0 bridgehead atoms. The van der Waals surface area contributed by atoms with Crippen LogP contribution in [-0.2, 0) is 9.84 Å². The summed E-state index contributed by atoms with van der Waals surface area (Å²) in [7, 11) is -13.7. The fourth-order valence-corrected chi connectivity index (χ4v) is 5.24. The van der Waals surface area contributed by atoms with Crippen molar-refractivity contribution in [3.05, 3.63) is 47.5 Å². The first-order valence-corrected chi connectivity index (χ1v) is 12.4. The summed E-state index contributed by atoms with van der Waals surface area (Å²) in [6.45, 7) is 1.48. The molecule has 0 atom stereocenters. The van der Waals surface area contributed by atoms with Crippen LogP contribution in [0.1, 0.15) is 15.9 Å². The number of benzene rings is 2. The van der Waals surface area contributed by atoms with Crippen molar-refractivity contribution in [2.75, 3.05) is 6.26 Å². The maximum absolute atomic E-state index is 12.8. The highest BCUT2D eigenvalue weighted by atomic mass is 32.5. The minimum atomic E-state index is -9.82. The third kappa shape index (κ3) is 5.86. The van der Waals surface area contributed by atoms with Crippen LogP contribution < -0.4 is 11.5 Å². The van der Waals surface area contributed by atoms with Gasteiger partial charge in [-0.05, 0) is 48.9 Å². The van der Waals surface area contributed by atoms with Crippen molar-refractivity contribution in [3.8, 4) is 0 Å². The molecule has 0 saturated carbocycles. The second kappa shape index (κ2) is 6.85. The number of rotatable bonds is 5. The number of guanidine groups is 1. The highest BCUT2D eigenvalue weighted by Gasteiger charge is 2.65. The van der Waals surface area contributed by atoms with Crippen molar-refractivity contribution >= 4 is 43.7 Å². The lowest BCUT2D eigenvalue weighted by Gasteiger charge is -2.40. The van der Waals surface area contributed by atoms with E-state index in [0.717, 1.165) is 36.2 Å². The van der Waals surface area contributed by atoms with Crippen LogP contribution in [0.5, 0.6) is 0 Å². The Morgan fingerprint density at radius 1 is 1.03 bits per heavy atom. The maximum atomic E-state index is 12.8. The Hall–Kier alpha value is -2.32. The van der Waals surface area contributed by atoms with Crippen molar-refractivity contribution in [2.24, 2.45) is 16.5 Å². The minimum absolute atomic E-state index is 0.0770. The van der Waals surface area contributed by atoms with E-state index in [2.05, 4.69) is 4.99 Å².